The lowest BCUT2D eigenvalue weighted by atomic mass is 9.98. The summed E-state index contributed by atoms with van der Waals surface area (Å²) in [6.07, 6.45) is 5.85. The van der Waals surface area contributed by atoms with E-state index in [1.54, 1.807) is 9.80 Å². The fraction of sp³-hybridized carbons (Fsp3) is 0.485. The van der Waals surface area contributed by atoms with Gasteiger partial charge in [-0.05, 0) is 44.2 Å². The number of aldehydes is 1. The minimum atomic E-state index is -0.506. The van der Waals surface area contributed by atoms with Crippen molar-refractivity contribution in [2.45, 2.75) is 77.5 Å². The second kappa shape index (κ2) is 18.7. The predicted molar refractivity (Wildman–Crippen MR) is 160 cm³/mol. The Morgan fingerprint density at radius 2 is 1.57 bits per heavy atom. The van der Waals surface area contributed by atoms with Crippen LogP contribution in [0.2, 0.25) is 0 Å². The smallest absolute Gasteiger partial charge is 0.410 e. The highest BCUT2D eigenvalue weighted by Gasteiger charge is 2.32. The lowest BCUT2D eigenvalue weighted by molar-refractivity contribution is -0.140. The first kappa shape index (κ1) is 32.8. The number of carbonyl (C=O) groups is 3. The van der Waals surface area contributed by atoms with Gasteiger partial charge >= 0.3 is 12.2 Å². The molecule has 228 valence electrons. The summed E-state index contributed by atoms with van der Waals surface area (Å²) in [4.78, 5) is 41.7. The van der Waals surface area contributed by atoms with Gasteiger partial charge in [0.25, 0.3) is 0 Å². The van der Waals surface area contributed by atoms with E-state index < -0.39 is 18.2 Å². The molecule has 0 aliphatic carbocycles. The van der Waals surface area contributed by atoms with Gasteiger partial charge < -0.3 is 33.5 Å². The number of amides is 2. The minimum Gasteiger partial charge on any atom is -0.445 e. The molecule has 0 spiro atoms. The van der Waals surface area contributed by atoms with Crippen LogP contribution in [-0.2, 0) is 37.0 Å². The molecule has 1 aliphatic heterocycles. The van der Waals surface area contributed by atoms with Crippen molar-refractivity contribution in [2.24, 2.45) is 0 Å². The van der Waals surface area contributed by atoms with E-state index in [2.05, 4.69) is 0 Å². The molecule has 0 saturated carbocycles. The van der Waals surface area contributed by atoms with Crippen molar-refractivity contribution in [1.29, 1.82) is 0 Å². The zero-order chi connectivity index (χ0) is 30.0. The van der Waals surface area contributed by atoms with Crippen LogP contribution in [0.25, 0.3) is 0 Å². The van der Waals surface area contributed by atoms with Crippen LogP contribution in [0.5, 0.6) is 0 Å². The van der Waals surface area contributed by atoms with Crippen molar-refractivity contribution in [2.75, 3.05) is 26.3 Å². The highest BCUT2D eigenvalue weighted by Crippen LogP contribution is 2.23. The van der Waals surface area contributed by atoms with Gasteiger partial charge in [-0.3, -0.25) is 0 Å². The van der Waals surface area contributed by atoms with Crippen molar-refractivity contribution in [1.82, 2.24) is 9.80 Å². The molecular weight excluding hydrogens is 536 g/mol. The van der Waals surface area contributed by atoms with Crippen molar-refractivity contribution < 1.29 is 33.3 Å². The normalized spacial score (nSPS) is 15.3. The quantitative estimate of drug-likeness (QED) is 0.126. The van der Waals surface area contributed by atoms with E-state index >= 15 is 0 Å². The highest BCUT2D eigenvalue weighted by atomic mass is 16.7. The number of carbonyl (C=O) groups excluding carboxylic acids is 3. The van der Waals surface area contributed by atoms with E-state index in [1.807, 2.05) is 86.7 Å². The number of nitrogens with zero attached hydrogens (tertiary/aromatic N) is 2. The third kappa shape index (κ3) is 10.9. The van der Waals surface area contributed by atoms with Gasteiger partial charge in [-0.25, -0.2) is 9.59 Å². The summed E-state index contributed by atoms with van der Waals surface area (Å²) in [6.45, 7) is 5.98. The van der Waals surface area contributed by atoms with Gasteiger partial charge in [-0.15, -0.1) is 0 Å². The molecule has 0 bridgehead atoms. The Bertz CT molecular complexity index is 1090. The monoisotopic (exact) mass is 580 g/mol. The zero-order valence-corrected chi connectivity index (χ0v) is 24.8. The van der Waals surface area contributed by atoms with Crippen LogP contribution < -0.4 is 0 Å². The molecule has 0 saturated heterocycles. The Kier molecular flexibility index (Phi) is 14.6. The van der Waals surface area contributed by atoms with Gasteiger partial charge in [0.2, 0.25) is 0 Å². The standard InChI is InChI=1S/C33H44N2O7/c1-3-39-31(40-4-2)19-13-22-35(33(38)42-26-28-16-9-6-10-17-28)30(20-23-36)24-29-18-11-12-21-34(29)32(37)41-25-27-14-7-5-8-15-27/h5-11,14-18,23,29-31H,3-4,12-13,19-22,24-26H2,1-2H3/t29-,30+/m1/s1. The predicted octanol–water partition coefficient (Wildman–Crippen LogP) is 6.12. The van der Waals surface area contributed by atoms with Crippen molar-refractivity contribution >= 4 is 18.5 Å². The first-order valence-corrected chi connectivity index (χ1v) is 14.8. The summed E-state index contributed by atoms with van der Waals surface area (Å²) < 4.78 is 22.7. The Balaban J connectivity index is 1.72. The van der Waals surface area contributed by atoms with Gasteiger partial charge in [-0.2, -0.15) is 0 Å². The molecule has 3 rings (SSSR count). The summed E-state index contributed by atoms with van der Waals surface area (Å²) in [5.41, 5.74) is 1.77. The third-order valence-corrected chi connectivity index (χ3v) is 7.04. The zero-order valence-electron chi connectivity index (χ0n) is 24.8. The summed E-state index contributed by atoms with van der Waals surface area (Å²) in [7, 11) is 0. The number of hydrogen-bond donors (Lipinski definition) is 0. The number of benzene rings is 2. The Morgan fingerprint density at radius 3 is 2.17 bits per heavy atom. The van der Waals surface area contributed by atoms with Crippen LogP contribution >= 0.6 is 0 Å². The fourth-order valence-corrected chi connectivity index (χ4v) is 4.95. The molecule has 2 amide bonds. The third-order valence-electron chi connectivity index (χ3n) is 7.04. The number of rotatable bonds is 17. The van der Waals surface area contributed by atoms with Crippen molar-refractivity contribution in [3.63, 3.8) is 0 Å². The Labute approximate surface area is 249 Å². The van der Waals surface area contributed by atoms with Crippen molar-refractivity contribution in [3.8, 4) is 0 Å². The van der Waals surface area contributed by atoms with Crippen LogP contribution in [-0.4, -0.2) is 72.9 Å². The molecule has 0 fully saturated rings. The average molecular weight is 581 g/mol. The van der Waals surface area contributed by atoms with Crippen LogP contribution in [0.1, 0.15) is 57.1 Å². The van der Waals surface area contributed by atoms with E-state index in [1.165, 1.54) is 0 Å². The topological polar surface area (TPSA) is 94.6 Å². The molecule has 2 aromatic carbocycles. The van der Waals surface area contributed by atoms with E-state index in [9.17, 15) is 14.4 Å². The van der Waals surface area contributed by atoms with Crippen LogP contribution in [0, 0.1) is 0 Å². The maximum Gasteiger partial charge on any atom is 0.410 e. The molecule has 1 heterocycles. The summed E-state index contributed by atoms with van der Waals surface area (Å²) in [5.74, 6) is 0. The first-order chi connectivity index (χ1) is 20.5. The molecule has 0 unspecified atom stereocenters. The summed E-state index contributed by atoms with van der Waals surface area (Å²) in [6, 6.07) is 18.2. The van der Waals surface area contributed by atoms with E-state index in [4.69, 9.17) is 18.9 Å². The van der Waals surface area contributed by atoms with Gasteiger partial charge in [0.15, 0.2) is 6.29 Å². The largest absolute Gasteiger partial charge is 0.445 e. The molecule has 0 radical (unpaired) electrons. The maximum atomic E-state index is 13.5. The maximum absolute atomic E-state index is 13.5. The molecule has 42 heavy (non-hydrogen) atoms. The lowest BCUT2D eigenvalue weighted by Crippen LogP contribution is -2.48. The van der Waals surface area contributed by atoms with Crippen LogP contribution in [0.3, 0.4) is 0 Å². The number of hydrogen-bond acceptors (Lipinski definition) is 7. The fourth-order valence-electron chi connectivity index (χ4n) is 4.95. The van der Waals surface area contributed by atoms with Gasteiger partial charge in [0.1, 0.15) is 19.5 Å². The van der Waals surface area contributed by atoms with Crippen LogP contribution in [0.4, 0.5) is 9.59 Å². The second-order valence-corrected chi connectivity index (χ2v) is 10.0. The highest BCUT2D eigenvalue weighted by molar-refractivity contribution is 5.70. The Morgan fingerprint density at radius 1 is 0.952 bits per heavy atom. The molecule has 0 aromatic heterocycles. The van der Waals surface area contributed by atoms with Crippen molar-refractivity contribution in [3.05, 3.63) is 83.9 Å². The van der Waals surface area contributed by atoms with Gasteiger partial charge in [0.05, 0.1) is 6.04 Å². The van der Waals surface area contributed by atoms with E-state index in [-0.39, 0.29) is 32.0 Å². The molecule has 9 nitrogen and oxygen atoms in total. The average Bonchev–Trinajstić information content (AvgIpc) is 3.02. The molecule has 2 atom stereocenters. The molecular formula is C33H44N2O7. The second-order valence-electron chi connectivity index (χ2n) is 10.0. The molecule has 2 aromatic rings. The van der Waals surface area contributed by atoms with Gasteiger partial charge in [-0.1, -0.05) is 72.8 Å². The molecule has 9 heteroatoms. The lowest BCUT2D eigenvalue weighted by Gasteiger charge is -2.37. The van der Waals surface area contributed by atoms with E-state index in [0.29, 0.717) is 52.0 Å². The SMILES string of the molecule is CCOC(CCCN(C(=O)OCc1ccccc1)[C@@H](CC=O)C[C@H]1C=CCCN1C(=O)OCc1ccccc1)OCC. The van der Waals surface area contributed by atoms with Gasteiger partial charge in [0, 0.05) is 45.2 Å². The first-order valence-electron chi connectivity index (χ1n) is 14.8. The number of ether oxygens (including phenoxy) is 4. The minimum absolute atomic E-state index is 0.109. The van der Waals surface area contributed by atoms with Crippen LogP contribution in [0.15, 0.2) is 72.8 Å². The summed E-state index contributed by atoms with van der Waals surface area (Å²) in [5, 5.41) is 0. The van der Waals surface area contributed by atoms with E-state index in [0.717, 1.165) is 17.4 Å². The summed E-state index contributed by atoms with van der Waals surface area (Å²) >= 11 is 0. The molecule has 1 aliphatic rings. The Hall–Kier alpha value is -3.69. The molecule has 0 N–H and O–H groups in total.